The fourth-order valence-electron chi connectivity index (χ4n) is 1.30. The Morgan fingerprint density at radius 1 is 1.00 bits per heavy atom. The molecule has 8 heteroatoms. The van der Waals surface area contributed by atoms with Crippen LogP contribution in [-0.4, -0.2) is 16.1 Å². The number of ether oxygens (including phenoxy) is 1. The second kappa shape index (κ2) is 6.06. The summed E-state index contributed by atoms with van der Waals surface area (Å²) in [5, 5.41) is 9.60. The third-order valence-electron chi connectivity index (χ3n) is 2.24. The van der Waals surface area contributed by atoms with E-state index in [1.54, 1.807) is 0 Å². The van der Waals surface area contributed by atoms with E-state index in [2.05, 4.69) is 4.98 Å². The highest BCUT2D eigenvalue weighted by Crippen LogP contribution is 2.37. The van der Waals surface area contributed by atoms with Crippen molar-refractivity contribution < 1.29 is 14.6 Å². The van der Waals surface area contributed by atoms with E-state index in [-0.39, 0.29) is 37.3 Å². The first-order chi connectivity index (χ1) is 9.38. The van der Waals surface area contributed by atoms with Gasteiger partial charge in [-0.05, 0) is 12.1 Å². The zero-order chi connectivity index (χ0) is 14.9. The summed E-state index contributed by atoms with van der Waals surface area (Å²) in [4.78, 5) is 14.6. The Bertz CT molecular complexity index is 691. The standard InChI is InChI=1S/C12H5Cl4NO3/c13-6-2-8(15)10(3-7(6)14)20-11-9(16)1-5(4-17-11)12(18)19/h1-4H,(H,18,19). The van der Waals surface area contributed by atoms with Crippen LogP contribution in [0.1, 0.15) is 10.4 Å². The zero-order valence-corrected chi connectivity index (χ0v) is 12.6. The molecule has 0 spiro atoms. The second-order valence-electron chi connectivity index (χ2n) is 3.61. The lowest BCUT2D eigenvalue weighted by atomic mass is 10.3. The fraction of sp³-hybridized carbons (Fsp3) is 0. The third kappa shape index (κ3) is 3.27. The average molecular weight is 353 g/mol. The molecule has 0 bridgehead atoms. The quantitative estimate of drug-likeness (QED) is 0.772. The van der Waals surface area contributed by atoms with Gasteiger partial charge in [-0.1, -0.05) is 46.4 Å². The Morgan fingerprint density at radius 3 is 2.25 bits per heavy atom. The number of halogens is 4. The van der Waals surface area contributed by atoms with Crippen molar-refractivity contribution in [1.29, 1.82) is 0 Å². The lowest BCUT2D eigenvalue weighted by Gasteiger charge is -2.09. The predicted octanol–water partition coefficient (Wildman–Crippen LogP) is 5.19. The van der Waals surface area contributed by atoms with Gasteiger partial charge in [0.25, 0.3) is 0 Å². The van der Waals surface area contributed by atoms with E-state index in [9.17, 15) is 4.79 Å². The van der Waals surface area contributed by atoms with Gasteiger partial charge in [-0.25, -0.2) is 9.78 Å². The maximum absolute atomic E-state index is 10.8. The molecule has 4 nitrogen and oxygen atoms in total. The molecule has 104 valence electrons. The van der Waals surface area contributed by atoms with Crippen molar-refractivity contribution in [3.05, 3.63) is 50.0 Å². The number of aromatic nitrogens is 1. The summed E-state index contributed by atoms with van der Waals surface area (Å²) >= 11 is 23.5. The highest BCUT2D eigenvalue weighted by molar-refractivity contribution is 6.43. The minimum absolute atomic E-state index is 0.0111. The summed E-state index contributed by atoms with van der Waals surface area (Å²) in [6.45, 7) is 0. The van der Waals surface area contributed by atoms with Gasteiger partial charge >= 0.3 is 5.97 Å². The van der Waals surface area contributed by atoms with Crippen LogP contribution >= 0.6 is 46.4 Å². The maximum Gasteiger partial charge on any atom is 0.337 e. The summed E-state index contributed by atoms with van der Waals surface area (Å²) in [5.74, 6) is -0.922. The number of hydrogen-bond donors (Lipinski definition) is 1. The van der Waals surface area contributed by atoms with Crippen molar-refractivity contribution in [3.63, 3.8) is 0 Å². The predicted molar refractivity (Wildman–Crippen MR) is 77.8 cm³/mol. The summed E-state index contributed by atoms with van der Waals surface area (Å²) in [7, 11) is 0. The fourth-order valence-corrected chi connectivity index (χ4v) is 2.08. The molecule has 0 atom stereocenters. The van der Waals surface area contributed by atoms with Crippen molar-refractivity contribution in [2.75, 3.05) is 0 Å². The first-order valence-electron chi connectivity index (χ1n) is 5.09. The third-order valence-corrected chi connectivity index (χ3v) is 3.52. The van der Waals surface area contributed by atoms with Gasteiger partial charge in [0.2, 0.25) is 5.88 Å². The number of hydrogen-bond acceptors (Lipinski definition) is 3. The Hall–Kier alpha value is -1.20. The molecule has 2 aromatic rings. The number of carboxylic acids is 1. The molecule has 0 amide bonds. The van der Waals surface area contributed by atoms with E-state index >= 15 is 0 Å². The van der Waals surface area contributed by atoms with E-state index in [0.29, 0.717) is 0 Å². The van der Waals surface area contributed by atoms with Crippen LogP contribution in [0.15, 0.2) is 24.4 Å². The van der Waals surface area contributed by atoms with E-state index in [1.807, 2.05) is 0 Å². The normalized spacial score (nSPS) is 10.4. The summed E-state index contributed by atoms with van der Waals surface area (Å²) in [6.07, 6.45) is 1.12. The van der Waals surface area contributed by atoms with Gasteiger partial charge in [-0.3, -0.25) is 0 Å². The van der Waals surface area contributed by atoms with Crippen LogP contribution in [0.3, 0.4) is 0 Å². The first-order valence-corrected chi connectivity index (χ1v) is 6.61. The van der Waals surface area contributed by atoms with E-state index < -0.39 is 5.97 Å². The summed E-state index contributed by atoms with van der Waals surface area (Å²) in [5.41, 5.74) is -0.0532. The molecule has 0 aliphatic carbocycles. The molecule has 0 saturated carbocycles. The number of carboxylic acid groups (broad SMARTS) is 1. The number of carbonyl (C=O) groups is 1. The Labute approximate surface area is 133 Å². The molecule has 1 aromatic carbocycles. The largest absolute Gasteiger partial charge is 0.478 e. The monoisotopic (exact) mass is 351 g/mol. The SMILES string of the molecule is O=C(O)c1cnc(Oc2cc(Cl)c(Cl)cc2Cl)c(Cl)c1. The summed E-state index contributed by atoms with van der Waals surface area (Å²) in [6, 6.07) is 4.05. The highest BCUT2D eigenvalue weighted by atomic mass is 35.5. The van der Waals surface area contributed by atoms with Gasteiger partial charge in [0.05, 0.1) is 20.6 Å². The van der Waals surface area contributed by atoms with Crippen LogP contribution in [0.25, 0.3) is 0 Å². The van der Waals surface area contributed by atoms with Crippen molar-refractivity contribution >= 4 is 52.4 Å². The van der Waals surface area contributed by atoms with Crippen molar-refractivity contribution in [1.82, 2.24) is 4.98 Å². The Balaban J connectivity index is 2.35. The molecule has 2 rings (SSSR count). The molecular formula is C12H5Cl4NO3. The Kier molecular flexibility index (Phi) is 4.60. The molecule has 0 radical (unpaired) electrons. The van der Waals surface area contributed by atoms with Gasteiger partial charge < -0.3 is 9.84 Å². The lowest BCUT2D eigenvalue weighted by Crippen LogP contribution is -1.98. The number of benzene rings is 1. The molecular weight excluding hydrogens is 348 g/mol. The zero-order valence-electron chi connectivity index (χ0n) is 9.53. The van der Waals surface area contributed by atoms with Gasteiger partial charge in [0.15, 0.2) is 0 Å². The number of nitrogens with zero attached hydrogens (tertiary/aromatic N) is 1. The molecule has 1 N–H and O–H groups in total. The van der Waals surface area contributed by atoms with Gasteiger partial charge in [0.1, 0.15) is 10.8 Å². The molecule has 0 aliphatic rings. The lowest BCUT2D eigenvalue weighted by molar-refractivity contribution is 0.0696. The van der Waals surface area contributed by atoms with Crippen LogP contribution in [0.2, 0.25) is 20.1 Å². The minimum Gasteiger partial charge on any atom is -0.478 e. The minimum atomic E-state index is -1.14. The molecule has 1 heterocycles. The number of rotatable bonds is 3. The molecule has 0 saturated heterocycles. The molecule has 1 aromatic heterocycles. The van der Waals surface area contributed by atoms with Crippen molar-refractivity contribution in [3.8, 4) is 11.6 Å². The van der Waals surface area contributed by atoms with Gasteiger partial charge in [-0.2, -0.15) is 0 Å². The summed E-state index contributed by atoms with van der Waals surface area (Å²) < 4.78 is 5.40. The number of pyridine rings is 1. The smallest absolute Gasteiger partial charge is 0.337 e. The number of aromatic carboxylic acids is 1. The van der Waals surface area contributed by atoms with Crippen molar-refractivity contribution in [2.45, 2.75) is 0 Å². The van der Waals surface area contributed by atoms with E-state index in [4.69, 9.17) is 56.2 Å². The highest BCUT2D eigenvalue weighted by Gasteiger charge is 2.13. The molecule has 0 fully saturated rings. The first kappa shape index (κ1) is 15.2. The van der Waals surface area contributed by atoms with E-state index in [1.165, 1.54) is 18.2 Å². The van der Waals surface area contributed by atoms with Crippen LogP contribution < -0.4 is 4.74 Å². The molecule has 20 heavy (non-hydrogen) atoms. The molecule has 0 aliphatic heterocycles. The van der Waals surface area contributed by atoms with Crippen LogP contribution in [0, 0.1) is 0 Å². The van der Waals surface area contributed by atoms with Gasteiger partial charge in [-0.15, -0.1) is 0 Å². The van der Waals surface area contributed by atoms with Crippen LogP contribution in [-0.2, 0) is 0 Å². The second-order valence-corrected chi connectivity index (χ2v) is 5.24. The van der Waals surface area contributed by atoms with Gasteiger partial charge in [0, 0.05) is 12.3 Å². The van der Waals surface area contributed by atoms with Crippen LogP contribution in [0.5, 0.6) is 11.6 Å². The molecule has 0 unspecified atom stereocenters. The van der Waals surface area contributed by atoms with Crippen LogP contribution in [0.4, 0.5) is 0 Å². The topological polar surface area (TPSA) is 59.4 Å². The van der Waals surface area contributed by atoms with E-state index in [0.717, 1.165) is 6.20 Å². The maximum atomic E-state index is 10.8. The average Bonchev–Trinajstić information content (AvgIpc) is 2.37. The Morgan fingerprint density at radius 2 is 1.65 bits per heavy atom. The van der Waals surface area contributed by atoms with Crippen molar-refractivity contribution in [2.24, 2.45) is 0 Å².